The molecule has 7 nitrogen and oxygen atoms in total. The number of methoxy groups -OCH3 is 2. The average Bonchev–Trinajstić information content (AvgIpc) is 3.20. The van der Waals surface area contributed by atoms with Crippen molar-refractivity contribution < 1.29 is 27.1 Å². The summed E-state index contributed by atoms with van der Waals surface area (Å²) in [5.74, 6) is -0.281. The summed E-state index contributed by atoms with van der Waals surface area (Å²) in [6, 6.07) is 6.61. The van der Waals surface area contributed by atoms with Crippen molar-refractivity contribution in [3.63, 3.8) is 0 Å². The second kappa shape index (κ2) is 8.56. The number of hydrogen-bond acceptors (Lipinski definition) is 5. The van der Waals surface area contributed by atoms with Crippen molar-refractivity contribution in [3.8, 4) is 11.5 Å². The quantitative estimate of drug-likeness (QED) is 0.742. The van der Waals surface area contributed by atoms with Crippen LogP contribution in [0, 0.1) is 5.82 Å². The number of nitrogens with zero attached hydrogens (tertiary/aromatic N) is 1. The van der Waals surface area contributed by atoms with E-state index in [0.717, 1.165) is 16.4 Å². The average molecular weight is 443 g/mol. The Morgan fingerprint density at radius 1 is 1.17 bits per heavy atom. The summed E-state index contributed by atoms with van der Waals surface area (Å²) in [4.78, 5) is 12.8. The van der Waals surface area contributed by atoms with Crippen molar-refractivity contribution in [1.82, 2.24) is 4.31 Å². The summed E-state index contributed by atoms with van der Waals surface area (Å²) < 4.78 is 50.5. The number of nitrogens with one attached hydrogen (secondary N) is 1. The Morgan fingerprint density at radius 2 is 1.79 bits per heavy atom. The van der Waals surface area contributed by atoms with Gasteiger partial charge >= 0.3 is 0 Å². The molecule has 1 atom stereocenters. The van der Waals surface area contributed by atoms with Gasteiger partial charge in [-0.25, -0.2) is 12.8 Å². The zero-order valence-corrected chi connectivity index (χ0v) is 17.4. The second-order valence-electron chi connectivity index (χ2n) is 6.40. The Balaban J connectivity index is 1.85. The highest BCUT2D eigenvalue weighted by atomic mass is 35.5. The summed E-state index contributed by atoms with van der Waals surface area (Å²) in [6.45, 7) is 0.192. The maximum Gasteiger partial charge on any atom is 0.243 e. The minimum absolute atomic E-state index is 0.0669. The lowest BCUT2D eigenvalue weighted by Gasteiger charge is -2.24. The molecule has 1 aliphatic heterocycles. The summed E-state index contributed by atoms with van der Waals surface area (Å²) >= 11 is 6.21. The van der Waals surface area contributed by atoms with Gasteiger partial charge in [0, 0.05) is 18.7 Å². The van der Waals surface area contributed by atoms with Gasteiger partial charge in [-0.3, -0.25) is 4.79 Å². The smallest absolute Gasteiger partial charge is 0.243 e. The minimum atomic E-state index is -3.95. The zero-order valence-electron chi connectivity index (χ0n) is 15.8. The molecule has 0 radical (unpaired) electrons. The number of benzene rings is 2. The number of sulfonamides is 1. The van der Waals surface area contributed by atoms with Gasteiger partial charge in [-0.05, 0) is 37.1 Å². The van der Waals surface area contributed by atoms with E-state index >= 15 is 0 Å². The Morgan fingerprint density at radius 3 is 2.41 bits per heavy atom. The van der Waals surface area contributed by atoms with E-state index in [0.29, 0.717) is 24.3 Å². The van der Waals surface area contributed by atoms with Gasteiger partial charge in [-0.15, -0.1) is 0 Å². The monoisotopic (exact) mass is 442 g/mol. The number of carbonyl (C=O) groups is 1. The first-order chi connectivity index (χ1) is 13.8. The number of hydrogen-bond donors (Lipinski definition) is 1. The van der Waals surface area contributed by atoms with Crippen molar-refractivity contribution >= 4 is 33.2 Å². The number of halogens is 2. The number of anilines is 1. The van der Waals surface area contributed by atoms with Crippen LogP contribution in [0.2, 0.25) is 5.02 Å². The maximum absolute atomic E-state index is 13.1. The Bertz CT molecular complexity index is 1010. The fourth-order valence-electron chi connectivity index (χ4n) is 3.20. The van der Waals surface area contributed by atoms with Crippen molar-refractivity contribution in [2.45, 2.75) is 23.8 Å². The maximum atomic E-state index is 13.1. The second-order valence-corrected chi connectivity index (χ2v) is 8.70. The molecule has 0 unspecified atom stereocenters. The molecule has 1 heterocycles. The molecule has 1 amide bonds. The predicted molar refractivity (Wildman–Crippen MR) is 106 cm³/mol. The van der Waals surface area contributed by atoms with Gasteiger partial charge in [0.2, 0.25) is 15.9 Å². The van der Waals surface area contributed by atoms with Crippen molar-refractivity contribution in [3.05, 3.63) is 47.2 Å². The Hall–Kier alpha value is -2.36. The molecular weight excluding hydrogens is 423 g/mol. The number of rotatable bonds is 6. The van der Waals surface area contributed by atoms with E-state index in [2.05, 4.69) is 5.32 Å². The molecule has 2 aromatic rings. The van der Waals surface area contributed by atoms with E-state index in [1.165, 1.54) is 38.5 Å². The van der Waals surface area contributed by atoms with Gasteiger partial charge in [0.05, 0.1) is 29.8 Å². The van der Waals surface area contributed by atoms with Crippen LogP contribution in [0.4, 0.5) is 10.1 Å². The normalized spacial score (nSPS) is 17.2. The van der Waals surface area contributed by atoms with Gasteiger partial charge in [0.15, 0.2) is 11.5 Å². The van der Waals surface area contributed by atoms with E-state index in [9.17, 15) is 17.6 Å². The fraction of sp³-hybridized carbons (Fsp3) is 0.316. The van der Waals surface area contributed by atoms with Gasteiger partial charge in [0.25, 0.3) is 0 Å². The fourth-order valence-corrected chi connectivity index (χ4v) is 5.06. The molecule has 2 aromatic carbocycles. The molecular formula is C19H20ClFN2O5S. The minimum Gasteiger partial charge on any atom is -0.493 e. The van der Waals surface area contributed by atoms with Gasteiger partial charge in [-0.1, -0.05) is 11.6 Å². The summed E-state index contributed by atoms with van der Waals surface area (Å²) in [6.07, 6.45) is 0.884. The third kappa shape index (κ3) is 4.31. The standard InChI is InChI=1S/C19H20ClFN2O5S/c1-27-17-10-14(20)15(11-18(17)28-2)22-19(24)16-4-3-9-23(16)29(25,26)13-7-5-12(21)6-8-13/h5-8,10-11,16H,3-4,9H2,1-2H3,(H,22,24)/t16-/m0/s1. The molecule has 3 rings (SSSR count). The zero-order chi connectivity index (χ0) is 21.2. The summed E-state index contributed by atoms with van der Waals surface area (Å²) in [7, 11) is -1.04. The van der Waals surface area contributed by atoms with Crippen LogP contribution in [-0.4, -0.2) is 45.4 Å². The first-order valence-electron chi connectivity index (χ1n) is 8.77. The number of carbonyl (C=O) groups excluding carboxylic acids is 1. The highest BCUT2D eigenvalue weighted by Crippen LogP contribution is 2.36. The Kier molecular flexibility index (Phi) is 6.30. The molecule has 0 aliphatic carbocycles. The predicted octanol–water partition coefficient (Wildman–Crippen LogP) is 3.29. The molecule has 1 fully saturated rings. The lowest BCUT2D eigenvalue weighted by Crippen LogP contribution is -2.43. The molecule has 0 aromatic heterocycles. The molecule has 0 spiro atoms. The number of amides is 1. The first kappa shape index (κ1) is 21.4. The van der Waals surface area contributed by atoms with Crippen LogP contribution in [0.15, 0.2) is 41.3 Å². The van der Waals surface area contributed by atoms with Crippen molar-refractivity contribution in [2.75, 3.05) is 26.1 Å². The van der Waals surface area contributed by atoms with E-state index in [4.69, 9.17) is 21.1 Å². The molecule has 1 aliphatic rings. The van der Waals surface area contributed by atoms with Crippen LogP contribution >= 0.6 is 11.6 Å². The van der Waals surface area contributed by atoms with E-state index in [1.54, 1.807) is 0 Å². The van der Waals surface area contributed by atoms with Gasteiger partial charge in [-0.2, -0.15) is 4.31 Å². The summed E-state index contributed by atoms with van der Waals surface area (Å²) in [5, 5.41) is 2.89. The van der Waals surface area contributed by atoms with Crippen LogP contribution < -0.4 is 14.8 Å². The van der Waals surface area contributed by atoms with Crippen molar-refractivity contribution in [1.29, 1.82) is 0 Å². The van der Waals surface area contributed by atoms with E-state index in [1.807, 2.05) is 0 Å². The van der Waals surface area contributed by atoms with Crippen molar-refractivity contribution in [2.24, 2.45) is 0 Å². The molecule has 1 saturated heterocycles. The van der Waals surface area contributed by atoms with Crippen LogP contribution in [0.3, 0.4) is 0 Å². The topological polar surface area (TPSA) is 84.9 Å². The van der Waals surface area contributed by atoms with E-state index < -0.39 is 27.8 Å². The van der Waals surface area contributed by atoms with Crippen LogP contribution in [0.5, 0.6) is 11.5 Å². The third-order valence-corrected chi connectivity index (χ3v) is 6.89. The molecule has 1 N–H and O–H groups in total. The molecule has 156 valence electrons. The summed E-state index contributed by atoms with van der Waals surface area (Å²) in [5.41, 5.74) is 0.278. The van der Waals surface area contributed by atoms with E-state index in [-0.39, 0.29) is 22.2 Å². The lowest BCUT2D eigenvalue weighted by molar-refractivity contribution is -0.119. The molecule has 0 saturated carbocycles. The molecule has 10 heteroatoms. The first-order valence-corrected chi connectivity index (χ1v) is 10.6. The lowest BCUT2D eigenvalue weighted by atomic mass is 10.2. The third-order valence-electron chi connectivity index (χ3n) is 4.66. The highest BCUT2D eigenvalue weighted by molar-refractivity contribution is 7.89. The highest BCUT2D eigenvalue weighted by Gasteiger charge is 2.39. The van der Waals surface area contributed by atoms with Gasteiger partial charge < -0.3 is 14.8 Å². The largest absolute Gasteiger partial charge is 0.493 e. The van der Waals surface area contributed by atoms with Gasteiger partial charge in [0.1, 0.15) is 11.9 Å². The van der Waals surface area contributed by atoms with Crippen LogP contribution in [-0.2, 0) is 14.8 Å². The van der Waals surface area contributed by atoms with Crippen LogP contribution in [0.1, 0.15) is 12.8 Å². The molecule has 0 bridgehead atoms. The Labute approximate surface area is 173 Å². The van der Waals surface area contributed by atoms with Crippen LogP contribution in [0.25, 0.3) is 0 Å². The number of ether oxygens (including phenoxy) is 2. The molecule has 29 heavy (non-hydrogen) atoms. The SMILES string of the molecule is COc1cc(Cl)c(NC(=O)[C@@H]2CCCN2S(=O)(=O)c2ccc(F)cc2)cc1OC.